The predicted molar refractivity (Wildman–Crippen MR) is 88.2 cm³/mol. The zero-order chi connectivity index (χ0) is 16.2. The number of para-hydroxylation sites is 1. The Bertz CT molecular complexity index is 780. The van der Waals surface area contributed by atoms with E-state index in [4.69, 9.17) is 9.47 Å². The molecule has 0 N–H and O–H groups in total. The fourth-order valence-corrected chi connectivity index (χ4v) is 2.83. The molecule has 1 heterocycles. The van der Waals surface area contributed by atoms with Gasteiger partial charge in [0.05, 0.1) is 17.3 Å². The van der Waals surface area contributed by atoms with Crippen LogP contribution in [0.2, 0.25) is 0 Å². The number of ether oxygens (including phenoxy) is 3. The summed E-state index contributed by atoms with van der Waals surface area (Å²) in [5, 5.41) is 0.586. The molecular weight excluding hydrogens is 314 g/mol. The van der Waals surface area contributed by atoms with Crippen molar-refractivity contribution >= 4 is 27.5 Å². The first kappa shape index (κ1) is 15.3. The van der Waals surface area contributed by atoms with E-state index in [1.54, 1.807) is 31.2 Å². The van der Waals surface area contributed by atoms with Crippen molar-refractivity contribution in [3.05, 3.63) is 48.5 Å². The van der Waals surface area contributed by atoms with Crippen LogP contribution >= 0.6 is 11.3 Å². The van der Waals surface area contributed by atoms with Crippen molar-refractivity contribution in [3.8, 4) is 16.7 Å². The second-order valence-electron chi connectivity index (χ2n) is 4.80. The maximum Gasteiger partial charge on any atom is 0.346 e. The van der Waals surface area contributed by atoms with Gasteiger partial charge in [-0.2, -0.15) is 0 Å². The van der Waals surface area contributed by atoms with Crippen LogP contribution in [0.3, 0.4) is 0 Å². The number of rotatable bonds is 5. The van der Waals surface area contributed by atoms with Crippen molar-refractivity contribution in [2.75, 3.05) is 7.11 Å². The van der Waals surface area contributed by atoms with Gasteiger partial charge in [0.15, 0.2) is 6.10 Å². The first-order chi connectivity index (χ1) is 11.2. The molecule has 1 aromatic heterocycles. The first-order valence-electron chi connectivity index (χ1n) is 7.03. The van der Waals surface area contributed by atoms with Gasteiger partial charge >= 0.3 is 5.97 Å². The SMILES string of the molecule is COC(=O)C(C)Oc1ccc(Oc2nc3ccccc3s2)cc1. The van der Waals surface area contributed by atoms with Crippen LogP contribution in [-0.2, 0) is 9.53 Å². The molecule has 118 valence electrons. The maximum absolute atomic E-state index is 11.3. The van der Waals surface area contributed by atoms with E-state index in [9.17, 15) is 4.79 Å². The molecule has 0 aliphatic carbocycles. The number of nitrogens with zero attached hydrogens (tertiary/aromatic N) is 1. The lowest BCUT2D eigenvalue weighted by Crippen LogP contribution is -2.24. The minimum absolute atomic E-state index is 0.417. The van der Waals surface area contributed by atoms with E-state index in [-0.39, 0.29) is 0 Å². The Kier molecular flexibility index (Phi) is 4.43. The van der Waals surface area contributed by atoms with E-state index in [0.717, 1.165) is 10.2 Å². The number of carbonyl (C=O) groups is 1. The van der Waals surface area contributed by atoms with E-state index in [1.165, 1.54) is 18.4 Å². The Morgan fingerprint density at radius 3 is 2.48 bits per heavy atom. The van der Waals surface area contributed by atoms with E-state index in [2.05, 4.69) is 9.72 Å². The molecule has 3 aromatic rings. The molecule has 5 nitrogen and oxygen atoms in total. The van der Waals surface area contributed by atoms with Gasteiger partial charge in [-0.15, -0.1) is 0 Å². The number of methoxy groups -OCH3 is 1. The molecule has 0 spiro atoms. The average molecular weight is 329 g/mol. The second kappa shape index (κ2) is 6.66. The Morgan fingerprint density at radius 2 is 1.78 bits per heavy atom. The number of hydrogen-bond donors (Lipinski definition) is 0. The summed E-state index contributed by atoms with van der Waals surface area (Å²) in [7, 11) is 1.33. The van der Waals surface area contributed by atoms with E-state index >= 15 is 0 Å². The summed E-state index contributed by atoms with van der Waals surface area (Å²) in [6.45, 7) is 1.64. The van der Waals surface area contributed by atoms with Gasteiger partial charge in [0.25, 0.3) is 5.19 Å². The third-order valence-electron chi connectivity index (χ3n) is 3.15. The smallest absolute Gasteiger partial charge is 0.346 e. The number of carbonyl (C=O) groups excluding carboxylic acids is 1. The molecule has 6 heteroatoms. The van der Waals surface area contributed by atoms with Crippen LogP contribution in [-0.4, -0.2) is 24.2 Å². The Hall–Kier alpha value is -2.60. The number of esters is 1. The van der Waals surface area contributed by atoms with Crippen molar-refractivity contribution in [1.29, 1.82) is 0 Å². The zero-order valence-corrected chi connectivity index (χ0v) is 13.5. The number of benzene rings is 2. The second-order valence-corrected chi connectivity index (χ2v) is 5.80. The number of hydrogen-bond acceptors (Lipinski definition) is 6. The van der Waals surface area contributed by atoms with E-state index in [0.29, 0.717) is 16.7 Å². The Labute approximate surface area is 137 Å². The summed E-state index contributed by atoms with van der Waals surface area (Å²) in [6, 6.07) is 14.9. The predicted octanol–water partition coefficient (Wildman–Crippen LogP) is 4.03. The fourth-order valence-electron chi connectivity index (χ4n) is 2.00. The van der Waals surface area contributed by atoms with Crippen LogP contribution in [0.4, 0.5) is 0 Å². The molecule has 2 aromatic carbocycles. The highest BCUT2D eigenvalue weighted by Gasteiger charge is 2.14. The van der Waals surface area contributed by atoms with Crippen LogP contribution in [0.25, 0.3) is 10.2 Å². The standard InChI is InChI=1S/C17H15NO4S/c1-11(16(19)20-2)21-12-7-9-13(10-8-12)22-17-18-14-5-3-4-6-15(14)23-17/h3-11H,1-2H3. The van der Waals surface area contributed by atoms with Gasteiger partial charge in [-0.1, -0.05) is 23.5 Å². The van der Waals surface area contributed by atoms with Gasteiger partial charge < -0.3 is 14.2 Å². The monoisotopic (exact) mass is 329 g/mol. The van der Waals surface area contributed by atoms with Gasteiger partial charge in [0.1, 0.15) is 11.5 Å². The molecule has 0 aliphatic rings. The van der Waals surface area contributed by atoms with Gasteiger partial charge in [0, 0.05) is 0 Å². The van der Waals surface area contributed by atoms with Crippen molar-refractivity contribution in [2.24, 2.45) is 0 Å². The molecule has 1 unspecified atom stereocenters. The van der Waals surface area contributed by atoms with Crippen LogP contribution in [0.1, 0.15) is 6.92 Å². The van der Waals surface area contributed by atoms with Gasteiger partial charge in [0.2, 0.25) is 0 Å². The minimum atomic E-state index is -0.656. The molecule has 0 amide bonds. The highest BCUT2D eigenvalue weighted by molar-refractivity contribution is 7.20. The van der Waals surface area contributed by atoms with Crippen molar-refractivity contribution in [3.63, 3.8) is 0 Å². The average Bonchev–Trinajstić information content (AvgIpc) is 2.98. The molecule has 0 bridgehead atoms. The summed E-state index contributed by atoms with van der Waals surface area (Å²) in [5.41, 5.74) is 0.916. The third-order valence-corrected chi connectivity index (χ3v) is 4.06. The molecule has 1 atom stereocenters. The van der Waals surface area contributed by atoms with Crippen LogP contribution in [0.15, 0.2) is 48.5 Å². The first-order valence-corrected chi connectivity index (χ1v) is 7.85. The lowest BCUT2D eigenvalue weighted by Gasteiger charge is -2.12. The zero-order valence-electron chi connectivity index (χ0n) is 12.7. The molecule has 3 rings (SSSR count). The highest BCUT2D eigenvalue weighted by atomic mass is 32.1. The molecule has 0 radical (unpaired) electrons. The van der Waals surface area contributed by atoms with Gasteiger partial charge in [-0.25, -0.2) is 9.78 Å². The molecular formula is C17H15NO4S. The molecule has 0 fully saturated rings. The summed E-state index contributed by atoms with van der Waals surface area (Å²) < 4.78 is 16.9. The molecule has 0 saturated heterocycles. The van der Waals surface area contributed by atoms with Crippen molar-refractivity contribution in [1.82, 2.24) is 4.98 Å². The minimum Gasteiger partial charge on any atom is -0.479 e. The Morgan fingerprint density at radius 1 is 1.09 bits per heavy atom. The van der Waals surface area contributed by atoms with Crippen molar-refractivity contribution < 1.29 is 19.0 Å². The van der Waals surface area contributed by atoms with E-state index in [1.807, 2.05) is 24.3 Å². The van der Waals surface area contributed by atoms with E-state index < -0.39 is 12.1 Å². The highest BCUT2D eigenvalue weighted by Crippen LogP contribution is 2.31. The summed E-state index contributed by atoms with van der Waals surface area (Å²) in [4.78, 5) is 15.7. The van der Waals surface area contributed by atoms with Crippen LogP contribution < -0.4 is 9.47 Å². The quantitative estimate of drug-likeness (QED) is 0.662. The summed E-state index contributed by atoms with van der Waals surface area (Å²) >= 11 is 1.49. The van der Waals surface area contributed by atoms with Crippen LogP contribution in [0.5, 0.6) is 16.7 Å². The Balaban J connectivity index is 1.68. The topological polar surface area (TPSA) is 57.7 Å². The number of fused-ring (bicyclic) bond motifs is 1. The molecule has 0 aliphatic heterocycles. The third kappa shape index (κ3) is 3.60. The number of thiazole rings is 1. The van der Waals surface area contributed by atoms with Gasteiger partial charge in [-0.05, 0) is 43.3 Å². The normalized spacial score (nSPS) is 11.9. The van der Waals surface area contributed by atoms with Crippen LogP contribution in [0, 0.1) is 0 Å². The lowest BCUT2D eigenvalue weighted by molar-refractivity contribution is -0.147. The summed E-state index contributed by atoms with van der Waals surface area (Å²) in [6.07, 6.45) is -0.656. The fraction of sp³-hybridized carbons (Fsp3) is 0.176. The maximum atomic E-state index is 11.3. The van der Waals surface area contributed by atoms with Crippen molar-refractivity contribution in [2.45, 2.75) is 13.0 Å². The lowest BCUT2D eigenvalue weighted by atomic mass is 10.3. The molecule has 23 heavy (non-hydrogen) atoms. The largest absolute Gasteiger partial charge is 0.479 e. The molecule has 0 saturated carbocycles. The van der Waals surface area contributed by atoms with Gasteiger partial charge in [-0.3, -0.25) is 0 Å². The number of aromatic nitrogens is 1. The summed E-state index contributed by atoms with van der Waals surface area (Å²) in [5.74, 6) is 0.807.